The fraction of sp³-hybridized carbons (Fsp3) is 0.300. The normalized spacial score (nSPS) is 12.1. The molecule has 192 valence electrons. The first-order valence-corrected chi connectivity index (χ1v) is 13.0. The van der Waals surface area contributed by atoms with Crippen molar-refractivity contribution in [2.75, 3.05) is 27.2 Å². The first kappa shape index (κ1) is 26.6. The maximum Gasteiger partial charge on any atom is 0.266 e. The minimum Gasteiger partial charge on any atom is -0.331 e. The first-order valence-electron chi connectivity index (χ1n) is 12.6. The van der Waals surface area contributed by atoms with Crippen molar-refractivity contribution in [3.8, 4) is 5.69 Å². The molecule has 37 heavy (non-hydrogen) atoms. The van der Waals surface area contributed by atoms with Crippen LogP contribution >= 0.6 is 11.6 Å². The lowest BCUT2D eigenvalue weighted by atomic mass is 10.1. The Morgan fingerprint density at radius 2 is 1.70 bits per heavy atom. The Hall–Kier alpha value is -3.48. The summed E-state index contributed by atoms with van der Waals surface area (Å²) in [5, 5.41) is 1.05. The van der Waals surface area contributed by atoms with Crippen LogP contribution in [0.1, 0.15) is 37.2 Å². The van der Waals surface area contributed by atoms with Crippen molar-refractivity contribution in [3.63, 3.8) is 0 Å². The largest absolute Gasteiger partial charge is 0.331 e. The maximum absolute atomic E-state index is 13.8. The molecule has 0 spiro atoms. The Kier molecular flexibility index (Phi) is 8.74. The number of halogens is 1. The van der Waals surface area contributed by atoms with Crippen LogP contribution in [0.5, 0.6) is 0 Å². The van der Waals surface area contributed by atoms with Gasteiger partial charge in [0.05, 0.1) is 22.6 Å². The van der Waals surface area contributed by atoms with Crippen LogP contribution in [0.2, 0.25) is 5.02 Å². The molecule has 3 aromatic carbocycles. The van der Waals surface area contributed by atoms with E-state index < -0.39 is 0 Å². The molecule has 1 unspecified atom stereocenters. The van der Waals surface area contributed by atoms with Gasteiger partial charge in [-0.2, -0.15) is 0 Å². The van der Waals surface area contributed by atoms with E-state index in [0.29, 0.717) is 59.8 Å². The summed E-state index contributed by atoms with van der Waals surface area (Å²) in [6, 6.07) is 24.2. The summed E-state index contributed by atoms with van der Waals surface area (Å²) in [6.45, 7) is 3.25. The van der Waals surface area contributed by atoms with Crippen LogP contribution in [0.25, 0.3) is 16.6 Å². The van der Waals surface area contributed by atoms with Gasteiger partial charge in [-0.25, -0.2) is 4.98 Å². The summed E-state index contributed by atoms with van der Waals surface area (Å²) in [4.78, 5) is 36.5. The van der Waals surface area contributed by atoms with E-state index in [1.807, 2.05) is 86.6 Å². The topological polar surface area (TPSA) is 58.4 Å². The molecular weight excluding hydrogens is 484 g/mol. The Bertz CT molecular complexity index is 1420. The number of aryl methyl sites for hydroxylation is 1. The fourth-order valence-electron chi connectivity index (χ4n) is 4.58. The number of aromatic nitrogens is 2. The minimum atomic E-state index is -0.389. The molecule has 1 atom stereocenters. The van der Waals surface area contributed by atoms with Crippen molar-refractivity contribution in [1.29, 1.82) is 0 Å². The minimum absolute atomic E-state index is 0.0394. The van der Waals surface area contributed by atoms with Gasteiger partial charge in [0.2, 0.25) is 5.91 Å². The number of hydrogen-bond donors (Lipinski definition) is 0. The standard InChI is InChI=1S/C30H33ClN4O2/c1-4-27(34(20-19-33(2)3)28(36)18-17-22-11-6-5-7-12-22)29-32-26-16-9-8-15-25(26)30(37)35(29)24-14-10-13-23(31)21-24/h5-16,21,27H,4,17-20H2,1-3H3. The molecule has 0 aliphatic carbocycles. The van der Waals surface area contributed by atoms with Gasteiger partial charge in [-0.1, -0.05) is 67.1 Å². The second kappa shape index (κ2) is 12.2. The average Bonchev–Trinajstić information content (AvgIpc) is 2.90. The van der Waals surface area contributed by atoms with Gasteiger partial charge in [0.25, 0.3) is 5.56 Å². The van der Waals surface area contributed by atoms with Gasteiger partial charge >= 0.3 is 0 Å². The van der Waals surface area contributed by atoms with E-state index in [-0.39, 0.29) is 17.5 Å². The number of amides is 1. The third-order valence-electron chi connectivity index (χ3n) is 6.51. The molecule has 4 rings (SSSR count). The number of para-hydroxylation sites is 1. The molecule has 0 fully saturated rings. The molecule has 0 aliphatic heterocycles. The van der Waals surface area contributed by atoms with Gasteiger partial charge in [0, 0.05) is 24.5 Å². The van der Waals surface area contributed by atoms with Crippen LogP contribution in [-0.4, -0.2) is 52.4 Å². The van der Waals surface area contributed by atoms with E-state index in [9.17, 15) is 9.59 Å². The van der Waals surface area contributed by atoms with E-state index in [1.165, 1.54) is 0 Å². The Morgan fingerprint density at radius 1 is 0.973 bits per heavy atom. The Balaban J connectivity index is 1.82. The summed E-state index contributed by atoms with van der Waals surface area (Å²) in [5.41, 5.74) is 2.19. The highest BCUT2D eigenvalue weighted by Gasteiger charge is 2.29. The van der Waals surface area contributed by atoms with Gasteiger partial charge in [0.15, 0.2) is 0 Å². The van der Waals surface area contributed by atoms with Crippen molar-refractivity contribution >= 4 is 28.4 Å². The van der Waals surface area contributed by atoms with Gasteiger partial charge in [-0.3, -0.25) is 14.2 Å². The monoisotopic (exact) mass is 516 g/mol. The third kappa shape index (κ3) is 6.27. The molecule has 0 bridgehead atoms. The molecule has 4 aromatic rings. The first-order chi connectivity index (χ1) is 17.9. The second-order valence-corrected chi connectivity index (χ2v) is 9.84. The molecule has 0 saturated carbocycles. The molecular formula is C30H33ClN4O2. The fourth-order valence-corrected chi connectivity index (χ4v) is 4.77. The number of carbonyl (C=O) groups excluding carboxylic acids is 1. The zero-order valence-electron chi connectivity index (χ0n) is 21.6. The molecule has 6 nitrogen and oxygen atoms in total. The predicted octanol–water partition coefficient (Wildman–Crippen LogP) is 5.51. The van der Waals surface area contributed by atoms with Gasteiger partial charge in [-0.05, 0) is 62.8 Å². The number of carbonyl (C=O) groups is 1. The van der Waals surface area contributed by atoms with E-state index >= 15 is 0 Å². The smallest absolute Gasteiger partial charge is 0.266 e. The summed E-state index contributed by atoms with van der Waals surface area (Å²) in [5.74, 6) is 0.581. The van der Waals surface area contributed by atoms with E-state index in [4.69, 9.17) is 16.6 Å². The second-order valence-electron chi connectivity index (χ2n) is 9.41. The molecule has 0 N–H and O–H groups in total. The zero-order chi connectivity index (χ0) is 26.4. The average molecular weight is 517 g/mol. The number of benzene rings is 3. The molecule has 1 amide bonds. The Morgan fingerprint density at radius 3 is 2.41 bits per heavy atom. The Labute approximate surface area is 223 Å². The molecule has 0 aliphatic rings. The van der Waals surface area contributed by atoms with Crippen LogP contribution in [0.3, 0.4) is 0 Å². The van der Waals surface area contributed by atoms with Crippen molar-refractivity contribution in [2.45, 2.75) is 32.2 Å². The van der Waals surface area contributed by atoms with Crippen LogP contribution < -0.4 is 5.56 Å². The predicted molar refractivity (Wildman–Crippen MR) is 150 cm³/mol. The van der Waals surface area contributed by atoms with E-state index in [1.54, 1.807) is 22.8 Å². The van der Waals surface area contributed by atoms with Crippen molar-refractivity contribution in [1.82, 2.24) is 19.4 Å². The number of hydrogen-bond acceptors (Lipinski definition) is 4. The number of likely N-dealkylation sites (N-methyl/N-ethyl adjacent to an activating group) is 1. The summed E-state index contributed by atoms with van der Waals surface area (Å²) < 4.78 is 1.62. The molecule has 0 radical (unpaired) electrons. The van der Waals surface area contributed by atoms with E-state index in [2.05, 4.69) is 4.90 Å². The van der Waals surface area contributed by atoms with Crippen LogP contribution in [0, 0.1) is 0 Å². The lowest BCUT2D eigenvalue weighted by molar-refractivity contribution is -0.134. The number of fused-ring (bicyclic) bond motifs is 1. The third-order valence-corrected chi connectivity index (χ3v) is 6.74. The summed E-state index contributed by atoms with van der Waals surface area (Å²) in [7, 11) is 3.98. The van der Waals surface area contributed by atoms with Crippen molar-refractivity contribution < 1.29 is 4.79 Å². The highest BCUT2D eigenvalue weighted by molar-refractivity contribution is 6.30. The van der Waals surface area contributed by atoms with Crippen LogP contribution in [0.4, 0.5) is 0 Å². The lowest BCUT2D eigenvalue weighted by Crippen LogP contribution is -2.42. The zero-order valence-corrected chi connectivity index (χ0v) is 22.4. The van der Waals surface area contributed by atoms with Crippen LogP contribution in [0.15, 0.2) is 83.7 Å². The highest BCUT2D eigenvalue weighted by Crippen LogP contribution is 2.27. The highest BCUT2D eigenvalue weighted by atomic mass is 35.5. The van der Waals surface area contributed by atoms with Crippen molar-refractivity contribution in [2.24, 2.45) is 0 Å². The van der Waals surface area contributed by atoms with Gasteiger partial charge in [-0.15, -0.1) is 0 Å². The van der Waals surface area contributed by atoms with Gasteiger partial charge in [0.1, 0.15) is 5.82 Å². The lowest BCUT2D eigenvalue weighted by Gasteiger charge is -2.33. The SMILES string of the molecule is CCC(c1nc2ccccc2c(=O)n1-c1cccc(Cl)c1)N(CCN(C)C)C(=O)CCc1ccccc1. The van der Waals surface area contributed by atoms with Gasteiger partial charge < -0.3 is 9.80 Å². The maximum atomic E-state index is 13.8. The quantitative estimate of drug-likeness (QED) is 0.279. The number of nitrogens with zero attached hydrogens (tertiary/aromatic N) is 4. The number of rotatable bonds is 10. The van der Waals surface area contributed by atoms with E-state index in [0.717, 1.165) is 5.56 Å². The summed E-state index contributed by atoms with van der Waals surface area (Å²) in [6.07, 6.45) is 1.64. The molecule has 7 heteroatoms. The summed E-state index contributed by atoms with van der Waals surface area (Å²) >= 11 is 6.32. The van der Waals surface area contributed by atoms with Crippen molar-refractivity contribution in [3.05, 3.63) is 106 Å². The van der Waals surface area contributed by atoms with Crippen LogP contribution in [-0.2, 0) is 11.2 Å². The molecule has 1 heterocycles. The molecule has 0 saturated heterocycles. The molecule has 1 aromatic heterocycles.